The van der Waals surface area contributed by atoms with Crippen LogP contribution < -0.4 is 0 Å². The first-order chi connectivity index (χ1) is 15.2. The Balaban J connectivity index is 1.39. The maximum absolute atomic E-state index is 13.3. The Labute approximate surface area is 185 Å². The van der Waals surface area contributed by atoms with Gasteiger partial charge in [-0.05, 0) is 56.1 Å². The number of piperazine rings is 1. The summed E-state index contributed by atoms with van der Waals surface area (Å²) in [6.45, 7) is 6.78. The normalized spacial score (nSPS) is 27.0. The van der Waals surface area contributed by atoms with E-state index in [-0.39, 0.29) is 18.4 Å². The van der Waals surface area contributed by atoms with E-state index in [9.17, 15) is 9.90 Å². The standard InChI is InChI=1S/C25H36N2O4/c1-2-30-25-21(9-6-16-28)22(20-10-11-20)17-23(31-25)24(29)27-14-12-26(13-15-27)18-19-7-4-3-5-8-19/h3-5,7-8,17,20-22,25,28H,2,6,9-16,18H2,1H3/t21-,22+,25+/m0/s1. The molecule has 170 valence electrons. The predicted octanol–water partition coefficient (Wildman–Crippen LogP) is 3.02. The Morgan fingerprint density at radius 2 is 1.90 bits per heavy atom. The minimum atomic E-state index is -0.398. The van der Waals surface area contributed by atoms with Gasteiger partial charge in [-0.15, -0.1) is 0 Å². The first-order valence-corrected chi connectivity index (χ1v) is 11.9. The summed E-state index contributed by atoms with van der Waals surface area (Å²) in [5, 5.41) is 9.32. The van der Waals surface area contributed by atoms with Crippen LogP contribution in [0, 0.1) is 17.8 Å². The van der Waals surface area contributed by atoms with Crippen molar-refractivity contribution in [1.29, 1.82) is 0 Å². The topological polar surface area (TPSA) is 62.2 Å². The zero-order chi connectivity index (χ0) is 21.6. The van der Waals surface area contributed by atoms with Gasteiger partial charge in [-0.2, -0.15) is 0 Å². The zero-order valence-electron chi connectivity index (χ0n) is 18.6. The highest BCUT2D eigenvalue weighted by atomic mass is 16.7. The fraction of sp³-hybridized carbons (Fsp3) is 0.640. The highest BCUT2D eigenvalue weighted by Gasteiger charge is 2.44. The molecule has 0 radical (unpaired) electrons. The van der Waals surface area contributed by atoms with Crippen molar-refractivity contribution >= 4 is 5.91 Å². The van der Waals surface area contributed by atoms with Gasteiger partial charge in [0.1, 0.15) is 0 Å². The van der Waals surface area contributed by atoms with E-state index in [0.717, 1.165) is 32.5 Å². The third-order valence-corrected chi connectivity index (χ3v) is 6.74. The third-order valence-electron chi connectivity index (χ3n) is 6.74. The van der Waals surface area contributed by atoms with E-state index >= 15 is 0 Å². The zero-order valence-corrected chi connectivity index (χ0v) is 18.6. The summed E-state index contributed by atoms with van der Waals surface area (Å²) in [5.41, 5.74) is 1.31. The Morgan fingerprint density at radius 1 is 1.16 bits per heavy atom. The van der Waals surface area contributed by atoms with Crippen molar-refractivity contribution in [2.75, 3.05) is 39.4 Å². The van der Waals surface area contributed by atoms with E-state index in [2.05, 4.69) is 35.2 Å². The van der Waals surface area contributed by atoms with Crippen LogP contribution in [-0.2, 0) is 20.8 Å². The molecule has 0 unspecified atom stereocenters. The first-order valence-electron chi connectivity index (χ1n) is 11.9. The number of nitrogens with zero attached hydrogens (tertiary/aromatic N) is 2. The molecule has 1 N–H and O–H groups in total. The molecule has 1 aromatic carbocycles. The molecule has 1 aromatic rings. The quantitative estimate of drug-likeness (QED) is 0.655. The molecule has 1 aliphatic carbocycles. The Morgan fingerprint density at radius 3 is 2.55 bits per heavy atom. The number of rotatable bonds is 9. The summed E-state index contributed by atoms with van der Waals surface area (Å²) < 4.78 is 12.1. The molecule has 2 heterocycles. The summed E-state index contributed by atoms with van der Waals surface area (Å²) in [5.74, 6) is 1.58. The van der Waals surface area contributed by atoms with Gasteiger partial charge in [0.2, 0.25) is 6.29 Å². The van der Waals surface area contributed by atoms with Crippen molar-refractivity contribution in [3.63, 3.8) is 0 Å². The molecule has 0 spiro atoms. The number of hydrogen-bond donors (Lipinski definition) is 1. The Hall–Kier alpha value is -1.89. The monoisotopic (exact) mass is 428 g/mol. The fourth-order valence-corrected chi connectivity index (χ4v) is 4.90. The minimum Gasteiger partial charge on any atom is -0.459 e. The molecule has 4 rings (SSSR count). The molecule has 3 atom stereocenters. The maximum atomic E-state index is 13.3. The first kappa shape index (κ1) is 22.3. The highest BCUT2D eigenvalue weighted by molar-refractivity contribution is 5.91. The van der Waals surface area contributed by atoms with E-state index < -0.39 is 6.29 Å². The van der Waals surface area contributed by atoms with Crippen LogP contribution in [0.15, 0.2) is 42.2 Å². The summed E-state index contributed by atoms with van der Waals surface area (Å²) in [7, 11) is 0. The minimum absolute atomic E-state index is 0.00433. The van der Waals surface area contributed by atoms with Gasteiger partial charge < -0.3 is 19.5 Å². The van der Waals surface area contributed by atoms with Gasteiger partial charge in [-0.1, -0.05) is 30.3 Å². The third kappa shape index (κ3) is 5.68. The molecule has 0 bridgehead atoms. The molecule has 3 aliphatic rings. The van der Waals surface area contributed by atoms with Crippen LogP contribution in [0.1, 0.15) is 38.2 Å². The second-order valence-corrected chi connectivity index (χ2v) is 8.97. The number of aliphatic hydroxyl groups excluding tert-OH is 1. The number of benzene rings is 1. The van der Waals surface area contributed by atoms with Gasteiger partial charge in [0.05, 0.1) is 0 Å². The lowest BCUT2D eigenvalue weighted by molar-refractivity contribution is -0.177. The van der Waals surface area contributed by atoms with Gasteiger partial charge in [0.15, 0.2) is 5.76 Å². The van der Waals surface area contributed by atoms with Crippen LogP contribution in [0.5, 0.6) is 0 Å². The van der Waals surface area contributed by atoms with E-state index in [0.29, 0.717) is 37.3 Å². The largest absolute Gasteiger partial charge is 0.459 e. The summed E-state index contributed by atoms with van der Waals surface area (Å²) >= 11 is 0. The average Bonchev–Trinajstić information content (AvgIpc) is 3.64. The van der Waals surface area contributed by atoms with Crippen LogP contribution >= 0.6 is 0 Å². The number of hydrogen-bond acceptors (Lipinski definition) is 5. The van der Waals surface area contributed by atoms with Gasteiger partial charge in [0.25, 0.3) is 5.91 Å². The Kier molecular flexibility index (Phi) is 7.64. The van der Waals surface area contributed by atoms with E-state index in [1.165, 1.54) is 18.4 Å². The molecule has 1 saturated heterocycles. The lowest BCUT2D eigenvalue weighted by Gasteiger charge is -2.39. The van der Waals surface area contributed by atoms with Gasteiger partial charge in [0, 0.05) is 51.9 Å². The number of carbonyl (C=O) groups excluding carboxylic acids is 1. The SMILES string of the molecule is CCO[C@@H]1OC(C(=O)N2CCN(Cc3ccccc3)CC2)=C[C@H](C2CC2)[C@@H]1CCCO. The number of allylic oxidation sites excluding steroid dienone is 1. The maximum Gasteiger partial charge on any atom is 0.288 e. The number of carbonyl (C=O) groups is 1. The Bertz CT molecular complexity index is 741. The molecule has 1 saturated carbocycles. The highest BCUT2D eigenvalue weighted by Crippen LogP contribution is 2.47. The van der Waals surface area contributed by atoms with Crippen LogP contribution in [-0.4, -0.2) is 66.5 Å². The van der Waals surface area contributed by atoms with E-state index in [1.54, 1.807) is 0 Å². The molecule has 1 amide bonds. The van der Waals surface area contributed by atoms with Crippen LogP contribution in [0.4, 0.5) is 0 Å². The average molecular weight is 429 g/mol. The van der Waals surface area contributed by atoms with Gasteiger partial charge >= 0.3 is 0 Å². The number of ether oxygens (including phenoxy) is 2. The molecular weight excluding hydrogens is 392 g/mol. The number of amides is 1. The molecule has 31 heavy (non-hydrogen) atoms. The fourth-order valence-electron chi connectivity index (χ4n) is 4.90. The van der Waals surface area contributed by atoms with Crippen molar-refractivity contribution in [2.45, 2.75) is 45.4 Å². The second kappa shape index (κ2) is 10.6. The van der Waals surface area contributed by atoms with Crippen molar-refractivity contribution in [3.05, 3.63) is 47.7 Å². The molecule has 6 nitrogen and oxygen atoms in total. The van der Waals surface area contributed by atoms with Crippen LogP contribution in [0.3, 0.4) is 0 Å². The van der Waals surface area contributed by atoms with Crippen molar-refractivity contribution in [2.24, 2.45) is 17.8 Å². The lowest BCUT2D eigenvalue weighted by Crippen LogP contribution is -2.50. The van der Waals surface area contributed by atoms with Gasteiger partial charge in [-0.3, -0.25) is 9.69 Å². The van der Waals surface area contributed by atoms with Crippen molar-refractivity contribution < 1.29 is 19.4 Å². The van der Waals surface area contributed by atoms with Gasteiger partial charge in [-0.25, -0.2) is 0 Å². The van der Waals surface area contributed by atoms with E-state index in [1.807, 2.05) is 17.9 Å². The van der Waals surface area contributed by atoms with Crippen molar-refractivity contribution in [1.82, 2.24) is 9.80 Å². The van der Waals surface area contributed by atoms with Crippen molar-refractivity contribution in [3.8, 4) is 0 Å². The molecule has 0 aromatic heterocycles. The molecule has 6 heteroatoms. The summed E-state index contributed by atoms with van der Waals surface area (Å²) in [4.78, 5) is 17.6. The summed E-state index contributed by atoms with van der Waals surface area (Å²) in [6.07, 6.45) is 5.68. The smallest absolute Gasteiger partial charge is 0.288 e. The second-order valence-electron chi connectivity index (χ2n) is 8.97. The molecule has 2 aliphatic heterocycles. The van der Waals surface area contributed by atoms with E-state index in [4.69, 9.17) is 9.47 Å². The molecule has 2 fully saturated rings. The summed E-state index contributed by atoms with van der Waals surface area (Å²) in [6, 6.07) is 10.5. The molecular formula is C25H36N2O4. The lowest BCUT2D eigenvalue weighted by atomic mass is 9.82. The van der Waals surface area contributed by atoms with Crippen LogP contribution in [0.2, 0.25) is 0 Å². The van der Waals surface area contributed by atoms with Crippen LogP contribution in [0.25, 0.3) is 0 Å². The predicted molar refractivity (Wildman–Crippen MR) is 119 cm³/mol. The number of aliphatic hydroxyl groups is 1.